The summed E-state index contributed by atoms with van der Waals surface area (Å²) < 4.78 is 36.6. The molecular formula is C7H4F3N3. The molecule has 6 heteroatoms. The van der Waals surface area contributed by atoms with Crippen molar-refractivity contribution >= 4 is 5.69 Å². The van der Waals surface area contributed by atoms with Crippen molar-refractivity contribution in [2.45, 2.75) is 6.18 Å². The number of rotatable bonds is 1. The average molecular weight is 187 g/mol. The fourth-order valence-corrected chi connectivity index (χ4v) is 0.849. The zero-order valence-electron chi connectivity index (χ0n) is 6.28. The molecule has 0 saturated heterocycles. The van der Waals surface area contributed by atoms with Crippen molar-refractivity contribution in [2.75, 3.05) is 0 Å². The summed E-state index contributed by atoms with van der Waals surface area (Å²) in [6.07, 6.45) is -4.48. The van der Waals surface area contributed by atoms with Gasteiger partial charge in [0, 0.05) is 10.6 Å². The Morgan fingerprint density at radius 3 is 2.38 bits per heavy atom. The molecule has 0 aliphatic carbocycles. The summed E-state index contributed by atoms with van der Waals surface area (Å²) in [5.74, 6) is 0. The molecule has 0 aromatic heterocycles. The Morgan fingerprint density at radius 1 is 1.23 bits per heavy atom. The maximum atomic E-state index is 12.2. The summed E-state index contributed by atoms with van der Waals surface area (Å²) in [6, 6.07) is 4.59. The molecule has 68 valence electrons. The van der Waals surface area contributed by atoms with Crippen LogP contribution in [0.4, 0.5) is 18.9 Å². The van der Waals surface area contributed by atoms with Crippen molar-refractivity contribution in [3.8, 4) is 0 Å². The van der Waals surface area contributed by atoms with Crippen LogP contribution in [0.3, 0.4) is 0 Å². The topological polar surface area (TPSA) is 48.8 Å². The van der Waals surface area contributed by atoms with Crippen LogP contribution in [-0.2, 0) is 6.18 Å². The highest BCUT2D eigenvalue weighted by atomic mass is 19.4. The maximum Gasteiger partial charge on any atom is 0.416 e. The molecule has 0 aliphatic rings. The molecule has 3 nitrogen and oxygen atoms in total. The van der Waals surface area contributed by atoms with Crippen molar-refractivity contribution in [3.05, 3.63) is 40.3 Å². The summed E-state index contributed by atoms with van der Waals surface area (Å²) in [5.41, 5.74) is 6.67. The van der Waals surface area contributed by atoms with Gasteiger partial charge in [-0.15, -0.1) is 0 Å². The van der Waals surface area contributed by atoms with Gasteiger partial charge in [-0.2, -0.15) is 13.2 Å². The number of alkyl halides is 3. The SMILES string of the molecule is [N-]=[N+]=Nc1ccccc1C(F)(F)F. The lowest BCUT2D eigenvalue weighted by Crippen LogP contribution is -2.04. The number of azide groups is 1. The average Bonchev–Trinajstić information content (AvgIpc) is 2.04. The highest BCUT2D eigenvalue weighted by Crippen LogP contribution is 2.35. The van der Waals surface area contributed by atoms with E-state index in [-0.39, 0.29) is 0 Å². The molecule has 0 atom stereocenters. The number of benzene rings is 1. The molecule has 1 rings (SSSR count). The van der Waals surface area contributed by atoms with E-state index in [9.17, 15) is 13.2 Å². The molecule has 0 spiro atoms. The van der Waals surface area contributed by atoms with Crippen molar-refractivity contribution in [3.63, 3.8) is 0 Å². The lowest BCUT2D eigenvalue weighted by Gasteiger charge is -2.07. The zero-order chi connectivity index (χ0) is 9.90. The van der Waals surface area contributed by atoms with Crippen molar-refractivity contribution < 1.29 is 13.2 Å². The predicted octanol–water partition coefficient (Wildman–Crippen LogP) is 3.65. The lowest BCUT2D eigenvalue weighted by atomic mass is 10.2. The molecular weight excluding hydrogens is 183 g/mol. The second kappa shape index (κ2) is 3.37. The van der Waals surface area contributed by atoms with Gasteiger partial charge >= 0.3 is 6.18 Å². The van der Waals surface area contributed by atoms with Gasteiger partial charge in [0.1, 0.15) is 0 Å². The molecule has 0 saturated carbocycles. The summed E-state index contributed by atoms with van der Waals surface area (Å²) in [5, 5.41) is 2.93. The molecule has 0 radical (unpaired) electrons. The van der Waals surface area contributed by atoms with Gasteiger partial charge in [-0.25, -0.2) is 0 Å². The minimum atomic E-state index is -4.48. The zero-order valence-corrected chi connectivity index (χ0v) is 6.28. The second-order valence-electron chi connectivity index (χ2n) is 2.20. The molecule has 0 heterocycles. The maximum absolute atomic E-state index is 12.2. The molecule has 0 amide bonds. The molecule has 0 N–H and O–H groups in total. The second-order valence-corrected chi connectivity index (χ2v) is 2.20. The Morgan fingerprint density at radius 2 is 1.85 bits per heavy atom. The van der Waals surface area contributed by atoms with Crippen molar-refractivity contribution in [1.29, 1.82) is 0 Å². The minimum Gasteiger partial charge on any atom is -0.166 e. The third kappa shape index (κ3) is 2.13. The molecule has 0 fully saturated rings. The Balaban J connectivity index is 3.27. The summed E-state index contributed by atoms with van der Waals surface area (Å²) >= 11 is 0. The Hall–Kier alpha value is -1.68. The lowest BCUT2D eigenvalue weighted by molar-refractivity contribution is -0.137. The molecule has 0 unspecified atom stereocenters. The van der Waals surface area contributed by atoms with Gasteiger partial charge in [-0.3, -0.25) is 0 Å². The number of hydrogen-bond acceptors (Lipinski definition) is 1. The predicted molar refractivity (Wildman–Crippen MR) is 40.3 cm³/mol. The first-order chi connectivity index (χ1) is 6.05. The molecule has 1 aromatic carbocycles. The van der Waals surface area contributed by atoms with E-state index in [0.29, 0.717) is 0 Å². The van der Waals surface area contributed by atoms with Gasteiger partial charge < -0.3 is 0 Å². The first-order valence-corrected chi connectivity index (χ1v) is 3.27. The number of nitrogens with zero attached hydrogens (tertiary/aromatic N) is 3. The summed E-state index contributed by atoms with van der Waals surface area (Å²) in [6.45, 7) is 0. The largest absolute Gasteiger partial charge is 0.416 e. The third-order valence-electron chi connectivity index (χ3n) is 1.36. The fraction of sp³-hybridized carbons (Fsp3) is 0.143. The Kier molecular flexibility index (Phi) is 2.44. The van der Waals surface area contributed by atoms with Crippen LogP contribution in [-0.4, -0.2) is 0 Å². The first kappa shape index (κ1) is 9.41. The van der Waals surface area contributed by atoms with Crippen LogP contribution in [0.25, 0.3) is 10.4 Å². The van der Waals surface area contributed by atoms with Crippen LogP contribution in [0.5, 0.6) is 0 Å². The minimum absolute atomic E-state index is 0.405. The van der Waals surface area contributed by atoms with Gasteiger partial charge in [0.15, 0.2) is 0 Å². The third-order valence-corrected chi connectivity index (χ3v) is 1.36. The summed E-state index contributed by atoms with van der Waals surface area (Å²) in [7, 11) is 0. The standard InChI is InChI=1S/C7H4F3N3/c8-7(9,10)5-3-1-2-4-6(5)12-13-11/h1-4H. The van der Waals surface area contributed by atoms with E-state index >= 15 is 0 Å². The van der Waals surface area contributed by atoms with Crippen LogP contribution in [0, 0.1) is 0 Å². The van der Waals surface area contributed by atoms with Gasteiger partial charge in [0.2, 0.25) is 0 Å². The fourth-order valence-electron chi connectivity index (χ4n) is 0.849. The smallest absolute Gasteiger partial charge is 0.166 e. The van der Waals surface area contributed by atoms with E-state index in [0.717, 1.165) is 12.1 Å². The monoisotopic (exact) mass is 187 g/mol. The Bertz CT molecular complexity index is 352. The van der Waals surface area contributed by atoms with Crippen LogP contribution in [0.15, 0.2) is 29.4 Å². The van der Waals surface area contributed by atoms with Gasteiger partial charge in [-0.1, -0.05) is 23.3 Å². The van der Waals surface area contributed by atoms with Crippen molar-refractivity contribution in [1.82, 2.24) is 0 Å². The molecule has 13 heavy (non-hydrogen) atoms. The normalized spacial score (nSPS) is 10.7. The molecule has 1 aromatic rings. The van der Waals surface area contributed by atoms with E-state index in [1.54, 1.807) is 0 Å². The highest BCUT2D eigenvalue weighted by Gasteiger charge is 2.32. The van der Waals surface area contributed by atoms with E-state index in [2.05, 4.69) is 10.0 Å². The van der Waals surface area contributed by atoms with E-state index in [1.807, 2.05) is 0 Å². The summed E-state index contributed by atoms with van der Waals surface area (Å²) in [4.78, 5) is 2.31. The van der Waals surface area contributed by atoms with E-state index < -0.39 is 17.4 Å². The van der Waals surface area contributed by atoms with E-state index in [1.165, 1.54) is 12.1 Å². The molecule has 0 aliphatic heterocycles. The van der Waals surface area contributed by atoms with Crippen LogP contribution in [0.2, 0.25) is 0 Å². The van der Waals surface area contributed by atoms with Crippen LogP contribution < -0.4 is 0 Å². The number of halogens is 3. The van der Waals surface area contributed by atoms with Crippen LogP contribution in [0.1, 0.15) is 5.56 Å². The Labute approximate surface area is 71.4 Å². The van der Waals surface area contributed by atoms with Gasteiger partial charge in [-0.05, 0) is 11.6 Å². The first-order valence-electron chi connectivity index (χ1n) is 3.27. The van der Waals surface area contributed by atoms with Gasteiger partial charge in [0.05, 0.1) is 5.56 Å². The van der Waals surface area contributed by atoms with Gasteiger partial charge in [0.25, 0.3) is 0 Å². The molecule has 0 bridgehead atoms. The van der Waals surface area contributed by atoms with E-state index in [4.69, 9.17) is 5.53 Å². The number of hydrogen-bond donors (Lipinski definition) is 0. The van der Waals surface area contributed by atoms with Crippen molar-refractivity contribution in [2.24, 2.45) is 5.11 Å². The van der Waals surface area contributed by atoms with Crippen LogP contribution >= 0.6 is 0 Å². The quantitative estimate of drug-likeness (QED) is 0.366. The highest BCUT2D eigenvalue weighted by molar-refractivity contribution is 5.47.